The lowest BCUT2D eigenvalue weighted by Crippen LogP contribution is -2.32. The number of hydrogen-bond acceptors (Lipinski definition) is 7. The second-order valence-corrected chi connectivity index (χ2v) is 7.63. The van der Waals surface area contributed by atoms with E-state index < -0.39 is 11.9 Å². The predicted molar refractivity (Wildman–Crippen MR) is 133 cm³/mol. The summed E-state index contributed by atoms with van der Waals surface area (Å²) in [5.74, 6) is -1.55. The Hall–Kier alpha value is -1.55. The number of carbonyl (C=O) groups is 2. The molecule has 0 saturated carbocycles. The van der Waals surface area contributed by atoms with Crippen molar-refractivity contribution in [2.24, 2.45) is 4.99 Å². The Labute approximate surface area is 200 Å². The van der Waals surface area contributed by atoms with Crippen LogP contribution in [0.5, 0.6) is 0 Å². The fourth-order valence-electron chi connectivity index (χ4n) is 2.68. The van der Waals surface area contributed by atoms with Gasteiger partial charge in [-0.05, 0) is 6.42 Å². The molecule has 0 radical (unpaired) electrons. The van der Waals surface area contributed by atoms with Crippen molar-refractivity contribution in [2.45, 2.75) is 90.9 Å². The third kappa shape index (κ3) is 41.2. The van der Waals surface area contributed by atoms with Crippen LogP contribution in [0.4, 0.5) is 0 Å². The lowest BCUT2D eigenvalue weighted by molar-refractivity contribution is -0.137. The molecule has 9 heteroatoms. The maximum absolute atomic E-state index is 10.2. The second kappa shape index (κ2) is 32.6. The van der Waals surface area contributed by atoms with Gasteiger partial charge in [-0.25, -0.2) is 0 Å². The van der Waals surface area contributed by atoms with Crippen molar-refractivity contribution in [1.29, 1.82) is 0 Å². The fourth-order valence-corrected chi connectivity index (χ4v) is 2.68. The normalized spacial score (nSPS) is 10.5. The number of aliphatic imine (C=N–C) groups is 1. The number of carboxylic acids is 2. The molecule has 9 nitrogen and oxygen atoms in total. The largest absolute Gasteiger partial charge is 0.481 e. The highest BCUT2D eigenvalue weighted by Gasteiger charge is 2.00. The van der Waals surface area contributed by atoms with E-state index in [1.807, 2.05) is 0 Å². The highest BCUT2D eigenvalue weighted by Crippen LogP contribution is 2.10. The summed E-state index contributed by atoms with van der Waals surface area (Å²) in [6.07, 6.45) is 15.0. The van der Waals surface area contributed by atoms with Crippen LogP contribution in [0.1, 0.15) is 90.9 Å². The van der Waals surface area contributed by atoms with Crippen molar-refractivity contribution in [3.05, 3.63) is 0 Å². The number of nitrogens with zero attached hydrogens (tertiary/aromatic N) is 2. The van der Waals surface area contributed by atoms with E-state index in [1.54, 1.807) is 11.8 Å². The first kappa shape index (κ1) is 36.0. The Balaban J connectivity index is -0.000000500. The molecule has 0 aromatic rings. The lowest BCUT2D eigenvalue weighted by atomic mass is 10.1. The molecule has 0 unspecified atom stereocenters. The highest BCUT2D eigenvalue weighted by atomic mass is 16.4. The van der Waals surface area contributed by atoms with Crippen LogP contribution in [0.15, 0.2) is 4.99 Å². The molecule has 0 aliphatic rings. The Bertz CT molecular complexity index is 421. The first-order valence-electron chi connectivity index (χ1n) is 12.4. The average molecular weight is 479 g/mol. The van der Waals surface area contributed by atoms with Crippen molar-refractivity contribution >= 4 is 18.2 Å². The van der Waals surface area contributed by atoms with Gasteiger partial charge in [-0.15, -0.1) is 0 Å². The van der Waals surface area contributed by atoms with E-state index in [9.17, 15) is 9.59 Å². The second-order valence-electron chi connectivity index (χ2n) is 7.63. The van der Waals surface area contributed by atoms with Crippen molar-refractivity contribution in [1.82, 2.24) is 4.90 Å². The zero-order chi connectivity index (χ0) is 25.6. The summed E-state index contributed by atoms with van der Waals surface area (Å²) in [6, 6.07) is 0. The number of hydrogen-bond donors (Lipinski definition) is 5. The van der Waals surface area contributed by atoms with Gasteiger partial charge in [0.25, 0.3) is 0 Å². The minimum absolute atomic E-state index is 0.0533. The molecule has 0 aromatic heterocycles. The lowest BCUT2D eigenvalue weighted by Gasteiger charge is -2.17. The molecule has 0 aliphatic carbocycles. The molecule has 0 amide bonds. The van der Waals surface area contributed by atoms with Gasteiger partial charge < -0.3 is 25.5 Å². The number of rotatable bonds is 20. The van der Waals surface area contributed by atoms with Crippen molar-refractivity contribution in [2.75, 3.05) is 46.0 Å². The molecule has 0 heterocycles. The summed E-state index contributed by atoms with van der Waals surface area (Å²) < 4.78 is 0. The molecule has 0 aromatic carbocycles. The van der Waals surface area contributed by atoms with Crippen molar-refractivity contribution < 1.29 is 35.1 Å². The first-order valence-corrected chi connectivity index (χ1v) is 12.4. The van der Waals surface area contributed by atoms with E-state index in [0.717, 1.165) is 13.0 Å². The number of carboxylic acid groups (broad SMARTS) is 2. The van der Waals surface area contributed by atoms with E-state index in [-0.39, 0.29) is 32.7 Å². The minimum Gasteiger partial charge on any atom is -0.481 e. The molecule has 0 bridgehead atoms. The average Bonchev–Trinajstić information content (AvgIpc) is 2.78. The van der Waals surface area contributed by atoms with Crippen LogP contribution in [-0.4, -0.2) is 94.6 Å². The molecule has 0 saturated heterocycles. The van der Waals surface area contributed by atoms with E-state index >= 15 is 0 Å². The van der Waals surface area contributed by atoms with Gasteiger partial charge in [-0.3, -0.25) is 19.5 Å². The molecule has 0 spiro atoms. The molecule has 0 fully saturated rings. The van der Waals surface area contributed by atoms with Crippen LogP contribution in [0.3, 0.4) is 0 Å². The Morgan fingerprint density at radius 3 is 1.42 bits per heavy atom. The van der Waals surface area contributed by atoms with Crippen molar-refractivity contribution in [3.63, 3.8) is 0 Å². The summed E-state index contributed by atoms with van der Waals surface area (Å²) >= 11 is 0. The van der Waals surface area contributed by atoms with Crippen LogP contribution in [0, 0.1) is 0 Å². The Kier molecular flexibility index (Phi) is 35.6. The Morgan fingerprint density at radius 2 is 1.09 bits per heavy atom. The molecule has 0 rings (SSSR count). The number of aliphatic carboxylic acids is 2. The number of aliphatic hydroxyl groups excluding tert-OH is 3. The fraction of sp³-hybridized carbons (Fsp3) is 0.875. The first-order chi connectivity index (χ1) is 15.9. The summed E-state index contributed by atoms with van der Waals surface area (Å²) in [5.41, 5.74) is 0. The molecular formula is C24H50N2O7. The monoisotopic (exact) mass is 478 g/mol. The van der Waals surface area contributed by atoms with Gasteiger partial charge in [0.2, 0.25) is 0 Å². The van der Waals surface area contributed by atoms with E-state index in [2.05, 4.69) is 11.9 Å². The maximum Gasteiger partial charge on any atom is 0.308 e. The summed E-state index contributed by atoms with van der Waals surface area (Å²) in [5, 5.41) is 41.6. The third-order valence-corrected chi connectivity index (χ3v) is 4.59. The highest BCUT2D eigenvalue weighted by molar-refractivity contribution is 5.84. The third-order valence-electron chi connectivity index (χ3n) is 4.59. The van der Waals surface area contributed by atoms with Gasteiger partial charge >= 0.3 is 11.9 Å². The van der Waals surface area contributed by atoms with Crippen LogP contribution in [0.2, 0.25) is 0 Å². The molecule has 5 N–H and O–H groups in total. The summed E-state index contributed by atoms with van der Waals surface area (Å²) in [7, 11) is 0. The topological polar surface area (TPSA) is 151 Å². The smallest absolute Gasteiger partial charge is 0.308 e. The summed E-state index contributed by atoms with van der Waals surface area (Å²) in [4.78, 5) is 25.4. The zero-order valence-corrected chi connectivity index (χ0v) is 21.0. The van der Waals surface area contributed by atoms with Gasteiger partial charge in [0, 0.05) is 38.8 Å². The molecule has 33 heavy (non-hydrogen) atoms. The maximum atomic E-state index is 10.2. The van der Waals surface area contributed by atoms with Gasteiger partial charge in [-0.1, -0.05) is 71.6 Å². The zero-order valence-electron chi connectivity index (χ0n) is 21.0. The van der Waals surface area contributed by atoms with Gasteiger partial charge in [0.05, 0.1) is 26.2 Å². The molecule has 0 atom stereocenters. The van der Waals surface area contributed by atoms with Crippen LogP contribution < -0.4 is 0 Å². The van der Waals surface area contributed by atoms with E-state index in [0.29, 0.717) is 19.6 Å². The van der Waals surface area contributed by atoms with Gasteiger partial charge in [-0.2, -0.15) is 0 Å². The minimum atomic E-state index is -0.804. The molecular weight excluding hydrogens is 428 g/mol. The molecule has 0 aliphatic heterocycles. The molecule has 198 valence electrons. The quantitative estimate of drug-likeness (QED) is 0.132. The number of unbranched alkanes of at least 4 members (excludes halogenated alkanes) is 9. The standard InChI is InChI=1S/C15H29NO2.C6H15NO3.C3H6O2/c1-2-3-4-5-6-7-8-9-10-11-13-16-14-12-15(17)18;8-4-1-7(2-5-9)3-6-10;1-2-3(4)5/h14H,2-13H2,1H3,(H,17,18);8-10H,1-6H2;2H2,1H3,(H,4,5). The Morgan fingerprint density at radius 1 is 0.697 bits per heavy atom. The summed E-state index contributed by atoms with van der Waals surface area (Å²) in [6.45, 7) is 6.38. The van der Waals surface area contributed by atoms with E-state index in [1.165, 1.54) is 64.0 Å². The van der Waals surface area contributed by atoms with Crippen molar-refractivity contribution in [3.8, 4) is 0 Å². The SMILES string of the molecule is CCC(=O)O.CCCCCCCCCCCCN=CCC(=O)O.OCCN(CCO)CCO. The predicted octanol–water partition coefficient (Wildman–Crippen LogP) is 3.20. The van der Waals surface area contributed by atoms with Crippen LogP contribution in [0.25, 0.3) is 0 Å². The van der Waals surface area contributed by atoms with Crippen LogP contribution in [-0.2, 0) is 9.59 Å². The van der Waals surface area contributed by atoms with E-state index in [4.69, 9.17) is 25.5 Å². The number of aliphatic hydroxyl groups is 3. The van der Waals surface area contributed by atoms with Crippen LogP contribution >= 0.6 is 0 Å². The van der Waals surface area contributed by atoms with Gasteiger partial charge in [0.1, 0.15) is 0 Å². The van der Waals surface area contributed by atoms with Gasteiger partial charge in [0.15, 0.2) is 0 Å².